The van der Waals surface area contributed by atoms with E-state index in [-0.39, 0.29) is 0 Å². The van der Waals surface area contributed by atoms with E-state index in [1.807, 2.05) is 54.7 Å². The van der Waals surface area contributed by atoms with Gasteiger partial charge < -0.3 is 10.3 Å². The van der Waals surface area contributed by atoms with Crippen molar-refractivity contribution in [1.29, 1.82) is 0 Å². The van der Waals surface area contributed by atoms with E-state index < -0.39 is 0 Å². The maximum atomic E-state index is 5.91. The first-order valence-electron chi connectivity index (χ1n) is 6.34. The molecule has 0 saturated heterocycles. The lowest BCUT2D eigenvalue weighted by molar-refractivity contribution is 0.807. The molecule has 3 aromatic rings. The summed E-state index contributed by atoms with van der Waals surface area (Å²) in [6.07, 6.45) is 3.77. The average molecular weight is 284 g/mol. The summed E-state index contributed by atoms with van der Waals surface area (Å²) in [4.78, 5) is 4.42. The number of benzene rings is 2. The number of nitrogens with two attached hydrogens (primary N) is 1. The van der Waals surface area contributed by atoms with Gasteiger partial charge in [-0.2, -0.15) is 0 Å². The number of aromatic nitrogens is 2. The maximum absolute atomic E-state index is 5.91. The molecule has 4 heteroatoms. The van der Waals surface area contributed by atoms with Crippen LogP contribution in [0.4, 0.5) is 5.69 Å². The van der Waals surface area contributed by atoms with Gasteiger partial charge in [0.25, 0.3) is 0 Å². The first-order valence-corrected chi connectivity index (χ1v) is 6.72. The molecule has 0 aliphatic rings. The zero-order valence-electron chi connectivity index (χ0n) is 10.8. The minimum Gasteiger partial charge on any atom is -0.399 e. The van der Waals surface area contributed by atoms with Gasteiger partial charge in [0.1, 0.15) is 5.82 Å². The van der Waals surface area contributed by atoms with E-state index in [0.717, 1.165) is 28.6 Å². The Morgan fingerprint density at radius 2 is 1.90 bits per heavy atom. The van der Waals surface area contributed by atoms with Gasteiger partial charge in [-0.05, 0) is 29.8 Å². The summed E-state index contributed by atoms with van der Waals surface area (Å²) in [5.74, 6) is 0.909. The molecule has 0 spiro atoms. The number of imidazole rings is 1. The summed E-state index contributed by atoms with van der Waals surface area (Å²) in [6, 6.07) is 15.6. The Hall–Kier alpha value is -2.26. The fraction of sp³-hybridized carbons (Fsp3) is 0.0625. The van der Waals surface area contributed by atoms with Crippen LogP contribution in [0.15, 0.2) is 60.9 Å². The zero-order valence-corrected chi connectivity index (χ0v) is 11.6. The molecule has 1 heterocycles. The van der Waals surface area contributed by atoms with Gasteiger partial charge in [0.2, 0.25) is 0 Å². The molecule has 0 aliphatic carbocycles. The van der Waals surface area contributed by atoms with Crippen molar-refractivity contribution in [3.05, 3.63) is 71.5 Å². The van der Waals surface area contributed by atoms with Gasteiger partial charge in [-0.15, -0.1) is 0 Å². The van der Waals surface area contributed by atoms with Crippen LogP contribution >= 0.6 is 11.6 Å². The number of hydrogen-bond acceptors (Lipinski definition) is 2. The fourth-order valence-electron chi connectivity index (χ4n) is 2.16. The Labute approximate surface area is 122 Å². The number of nitrogen functional groups attached to an aromatic ring is 1. The summed E-state index contributed by atoms with van der Waals surface area (Å²) in [6.45, 7) is 0.751. The number of hydrogen-bond donors (Lipinski definition) is 1. The van der Waals surface area contributed by atoms with Crippen molar-refractivity contribution in [2.75, 3.05) is 5.73 Å². The molecule has 2 aromatic carbocycles. The Morgan fingerprint density at radius 1 is 1.10 bits per heavy atom. The first kappa shape index (κ1) is 12.8. The third-order valence-corrected chi connectivity index (χ3v) is 3.38. The highest BCUT2D eigenvalue weighted by molar-refractivity contribution is 6.30. The number of rotatable bonds is 3. The van der Waals surface area contributed by atoms with Crippen LogP contribution in [0.3, 0.4) is 0 Å². The minimum atomic E-state index is 0.739. The second-order valence-electron chi connectivity index (χ2n) is 4.63. The minimum absolute atomic E-state index is 0.739. The smallest absolute Gasteiger partial charge is 0.140 e. The van der Waals surface area contributed by atoms with Crippen molar-refractivity contribution >= 4 is 17.3 Å². The summed E-state index contributed by atoms with van der Waals surface area (Å²) >= 11 is 5.91. The average Bonchev–Trinajstić information content (AvgIpc) is 2.89. The van der Waals surface area contributed by atoms with Crippen molar-refractivity contribution in [3.8, 4) is 11.4 Å². The maximum Gasteiger partial charge on any atom is 0.140 e. The third kappa shape index (κ3) is 2.68. The second-order valence-corrected chi connectivity index (χ2v) is 5.07. The van der Waals surface area contributed by atoms with Crippen LogP contribution < -0.4 is 5.73 Å². The zero-order chi connectivity index (χ0) is 13.9. The van der Waals surface area contributed by atoms with Crippen LogP contribution in [0.5, 0.6) is 0 Å². The van der Waals surface area contributed by atoms with E-state index >= 15 is 0 Å². The lowest BCUT2D eigenvalue weighted by Crippen LogP contribution is -2.01. The quantitative estimate of drug-likeness (QED) is 0.742. The molecular formula is C16H14ClN3. The first-order chi connectivity index (χ1) is 9.72. The van der Waals surface area contributed by atoms with Crippen LogP contribution in [-0.4, -0.2) is 9.55 Å². The molecule has 0 fully saturated rings. The molecule has 0 unspecified atom stereocenters. The normalized spacial score (nSPS) is 10.7. The largest absolute Gasteiger partial charge is 0.399 e. The van der Waals surface area contributed by atoms with Crippen molar-refractivity contribution in [2.24, 2.45) is 0 Å². The van der Waals surface area contributed by atoms with E-state index in [2.05, 4.69) is 9.55 Å². The van der Waals surface area contributed by atoms with Crippen molar-refractivity contribution < 1.29 is 0 Å². The van der Waals surface area contributed by atoms with E-state index in [9.17, 15) is 0 Å². The fourth-order valence-corrected chi connectivity index (χ4v) is 2.29. The highest BCUT2D eigenvalue weighted by Gasteiger charge is 2.06. The summed E-state index contributed by atoms with van der Waals surface area (Å²) in [5.41, 5.74) is 8.77. The van der Waals surface area contributed by atoms with Gasteiger partial charge in [0, 0.05) is 35.2 Å². The molecule has 20 heavy (non-hydrogen) atoms. The van der Waals surface area contributed by atoms with E-state index in [1.165, 1.54) is 5.56 Å². The lowest BCUT2D eigenvalue weighted by Gasteiger charge is -2.08. The van der Waals surface area contributed by atoms with Gasteiger partial charge in [-0.25, -0.2) is 4.98 Å². The lowest BCUT2D eigenvalue weighted by atomic mass is 10.2. The Balaban J connectivity index is 1.92. The van der Waals surface area contributed by atoms with Crippen molar-refractivity contribution in [1.82, 2.24) is 9.55 Å². The molecule has 100 valence electrons. The summed E-state index contributed by atoms with van der Waals surface area (Å²) in [7, 11) is 0. The molecule has 0 bridgehead atoms. The molecule has 0 saturated carbocycles. The molecule has 2 N–H and O–H groups in total. The van der Waals surface area contributed by atoms with Gasteiger partial charge in [0.15, 0.2) is 0 Å². The standard InChI is InChI=1S/C16H14ClN3/c17-14-6-4-12(5-7-14)11-20-9-8-19-16(20)13-2-1-3-15(18)10-13/h1-10H,11,18H2. The highest BCUT2D eigenvalue weighted by Crippen LogP contribution is 2.21. The van der Waals surface area contributed by atoms with Crippen LogP contribution in [0.1, 0.15) is 5.56 Å². The van der Waals surface area contributed by atoms with Gasteiger partial charge in [0.05, 0.1) is 0 Å². The van der Waals surface area contributed by atoms with E-state index in [0.29, 0.717) is 0 Å². The molecule has 0 aliphatic heterocycles. The topological polar surface area (TPSA) is 43.8 Å². The molecule has 3 nitrogen and oxygen atoms in total. The van der Waals surface area contributed by atoms with Crippen LogP contribution in [-0.2, 0) is 6.54 Å². The third-order valence-electron chi connectivity index (χ3n) is 3.13. The molecule has 3 rings (SSSR count). The van der Waals surface area contributed by atoms with Crippen LogP contribution in [0.2, 0.25) is 5.02 Å². The molecule has 0 amide bonds. The summed E-state index contributed by atoms with van der Waals surface area (Å²) < 4.78 is 2.10. The predicted molar refractivity (Wildman–Crippen MR) is 82.6 cm³/mol. The monoisotopic (exact) mass is 283 g/mol. The van der Waals surface area contributed by atoms with Gasteiger partial charge in [-0.1, -0.05) is 35.9 Å². The second kappa shape index (κ2) is 5.39. The molecule has 1 aromatic heterocycles. The Kier molecular flexibility index (Phi) is 3.44. The number of anilines is 1. The van der Waals surface area contributed by atoms with Gasteiger partial charge in [-0.3, -0.25) is 0 Å². The molecule has 0 radical (unpaired) electrons. The highest BCUT2D eigenvalue weighted by atomic mass is 35.5. The van der Waals surface area contributed by atoms with Crippen LogP contribution in [0, 0.1) is 0 Å². The predicted octanol–water partition coefficient (Wildman–Crippen LogP) is 3.83. The molecule has 0 atom stereocenters. The molecular weight excluding hydrogens is 270 g/mol. The van der Waals surface area contributed by atoms with Crippen molar-refractivity contribution in [2.45, 2.75) is 6.54 Å². The number of halogens is 1. The Morgan fingerprint density at radius 3 is 2.65 bits per heavy atom. The Bertz CT molecular complexity index is 717. The van der Waals surface area contributed by atoms with Crippen LogP contribution in [0.25, 0.3) is 11.4 Å². The van der Waals surface area contributed by atoms with E-state index in [4.69, 9.17) is 17.3 Å². The van der Waals surface area contributed by atoms with Crippen molar-refractivity contribution in [3.63, 3.8) is 0 Å². The summed E-state index contributed by atoms with van der Waals surface area (Å²) in [5, 5.41) is 0.746. The number of nitrogens with zero attached hydrogens (tertiary/aromatic N) is 2. The van der Waals surface area contributed by atoms with E-state index in [1.54, 1.807) is 6.20 Å². The van der Waals surface area contributed by atoms with Gasteiger partial charge >= 0.3 is 0 Å². The SMILES string of the molecule is Nc1cccc(-c2nccn2Cc2ccc(Cl)cc2)c1.